The van der Waals surface area contributed by atoms with Gasteiger partial charge in [-0.25, -0.2) is 4.79 Å². The van der Waals surface area contributed by atoms with Crippen molar-refractivity contribution in [3.63, 3.8) is 0 Å². The van der Waals surface area contributed by atoms with Crippen molar-refractivity contribution >= 4 is 18.7 Å². The number of ether oxygens (including phenoxy) is 2. The highest BCUT2D eigenvalue weighted by atomic mass is 16.7. The summed E-state index contributed by atoms with van der Waals surface area (Å²) in [5.41, 5.74) is 0.657. The molecule has 1 saturated heterocycles. The van der Waals surface area contributed by atoms with Gasteiger partial charge in [-0.3, -0.25) is 0 Å². The molecule has 1 atom stereocenters. The molecule has 7 heteroatoms. The van der Waals surface area contributed by atoms with Crippen molar-refractivity contribution in [3.05, 3.63) is 23.8 Å². The lowest BCUT2D eigenvalue weighted by atomic mass is 9.75. The van der Waals surface area contributed by atoms with Gasteiger partial charge < -0.3 is 23.7 Å². The van der Waals surface area contributed by atoms with E-state index in [4.69, 9.17) is 18.8 Å². The van der Waals surface area contributed by atoms with Crippen molar-refractivity contribution in [3.8, 4) is 5.75 Å². The highest BCUT2D eigenvalue weighted by molar-refractivity contribution is 6.63. The molecule has 0 aliphatic carbocycles. The molecule has 0 saturated carbocycles. The van der Waals surface area contributed by atoms with Crippen LogP contribution >= 0.6 is 0 Å². The number of hydrogen-bond donors (Lipinski definition) is 0. The Morgan fingerprint density at radius 1 is 1.21 bits per heavy atom. The normalized spacial score (nSPS) is 22.6. The van der Waals surface area contributed by atoms with Crippen molar-refractivity contribution in [1.29, 1.82) is 0 Å². The zero-order chi connectivity index (χ0) is 21.6. The van der Waals surface area contributed by atoms with Crippen LogP contribution in [0.1, 0.15) is 66.4 Å². The molecule has 0 aromatic heterocycles. The molecule has 0 bridgehead atoms. The number of carbonyl (C=O) groups excluding carboxylic acids is 1. The van der Waals surface area contributed by atoms with E-state index >= 15 is 0 Å². The Morgan fingerprint density at radius 3 is 2.41 bits per heavy atom. The largest absolute Gasteiger partial charge is 0.498 e. The molecule has 0 unspecified atom stereocenters. The van der Waals surface area contributed by atoms with Gasteiger partial charge in [0.1, 0.15) is 11.4 Å². The molecule has 1 aromatic carbocycles. The number of para-hydroxylation sites is 1. The first kappa shape index (κ1) is 22.0. The first-order valence-electron chi connectivity index (χ1n) is 10.4. The van der Waals surface area contributed by atoms with E-state index < -0.39 is 23.9 Å². The summed E-state index contributed by atoms with van der Waals surface area (Å²) in [4.78, 5) is 14.0. The number of rotatable bonds is 3. The van der Waals surface area contributed by atoms with Crippen LogP contribution in [0.4, 0.5) is 4.79 Å². The Morgan fingerprint density at radius 2 is 1.83 bits per heavy atom. The van der Waals surface area contributed by atoms with E-state index in [9.17, 15) is 4.79 Å². The third-order valence-corrected chi connectivity index (χ3v) is 5.94. The molecule has 6 nitrogen and oxygen atoms in total. The highest BCUT2D eigenvalue weighted by Gasteiger charge is 2.52. The summed E-state index contributed by atoms with van der Waals surface area (Å²) in [6.07, 6.45) is 0.528. The topological polar surface area (TPSA) is 57.2 Å². The van der Waals surface area contributed by atoms with Crippen LogP contribution in [-0.4, -0.2) is 55.1 Å². The zero-order valence-corrected chi connectivity index (χ0v) is 19.0. The van der Waals surface area contributed by atoms with E-state index in [1.165, 1.54) is 0 Å². The second kappa shape index (κ2) is 7.51. The van der Waals surface area contributed by atoms with Crippen LogP contribution in [0.5, 0.6) is 5.75 Å². The molecule has 1 fully saturated rings. The van der Waals surface area contributed by atoms with Crippen LogP contribution in [-0.2, 0) is 14.0 Å². The summed E-state index contributed by atoms with van der Waals surface area (Å²) in [6.45, 7) is 15.0. The van der Waals surface area contributed by atoms with Crippen molar-refractivity contribution in [2.45, 2.75) is 77.6 Å². The number of hydrogen-bond acceptors (Lipinski definition) is 5. The molecule has 1 amide bonds. The van der Waals surface area contributed by atoms with Crippen LogP contribution in [0.3, 0.4) is 0 Å². The van der Waals surface area contributed by atoms with Gasteiger partial charge in [-0.1, -0.05) is 18.2 Å². The van der Waals surface area contributed by atoms with Crippen molar-refractivity contribution < 1.29 is 23.6 Å². The molecular formula is C22H34BNO5. The predicted octanol–water partition coefficient (Wildman–Crippen LogP) is 3.72. The van der Waals surface area contributed by atoms with E-state index in [0.29, 0.717) is 13.2 Å². The minimum Gasteiger partial charge on any atom is -0.494 e. The lowest BCUT2D eigenvalue weighted by Crippen LogP contribution is -2.41. The molecule has 2 heterocycles. The molecule has 29 heavy (non-hydrogen) atoms. The van der Waals surface area contributed by atoms with Gasteiger partial charge in [0.2, 0.25) is 0 Å². The molecule has 3 rings (SSSR count). The minimum atomic E-state index is -0.511. The fourth-order valence-corrected chi connectivity index (χ4v) is 3.61. The van der Waals surface area contributed by atoms with Gasteiger partial charge in [0.25, 0.3) is 0 Å². The highest BCUT2D eigenvalue weighted by Crippen LogP contribution is 2.39. The van der Waals surface area contributed by atoms with Gasteiger partial charge >= 0.3 is 13.2 Å². The Labute approximate surface area is 175 Å². The van der Waals surface area contributed by atoms with Gasteiger partial charge in [-0.15, -0.1) is 0 Å². The molecule has 2 aliphatic heterocycles. The molecule has 160 valence electrons. The van der Waals surface area contributed by atoms with Gasteiger partial charge in [-0.2, -0.15) is 0 Å². The number of nitrogens with zero attached hydrogens (tertiary/aromatic N) is 1. The molecule has 1 aromatic rings. The summed E-state index contributed by atoms with van der Waals surface area (Å²) in [5, 5.41) is 0. The third-order valence-electron chi connectivity index (χ3n) is 5.94. The number of amides is 1. The summed E-state index contributed by atoms with van der Waals surface area (Å²) < 4.78 is 24.0. The first-order chi connectivity index (χ1) is 13.3. The maximum atomic E-state index is 12.4. The standard InChI is InChI=1S/C22H34BNO5/c1-20(2,3)27-19(25)24(8)14-15-12-13-26-18-16(15)10-9-11-17(18)23-28-21(4,5)22(6,7)29-23/h9-11,15H,12-14H2,1-8H3/t15-/m0/s1. The monoisotopic (exact) mass is 403 g/mol. The van der Waals surface area contributed by atoms with Crippen LogP contribution < -0.4 is 10.2 Å². The maximum Gasteiger partial charge on any atom is 0.498 e. The molecule has 0 N–H and O–H groups in total. The summed E-state index contributed by atoms with van der Waals surface area (Å²) >= 11 is 0. The fourth-order valence-electron chi connectivity index (χ4n) is 3.61. The van der Waals surface area contributed by atoms with Gasteiger partial charge in [0.05, 0.1) is 17.8 Å². The Bertz CT molecular complexity index is 755. The summed E-state index contributed by atoms with van der Waals surface area (Å²) in [6, 6.07) is 6.08. The molecular weight excluding hydrogens is 369 g/mol. The van der Waals surface area contributed by atoms with Crippen LogP contribution in [0, 0.1) is 0 Å². The number of carbonyl (C=O) groups is 1. The second-order valence-corrected chi connectivity index (χ2v) is 10.0. The van der Waals surface area contributed by atoms with Crippen molar-refractivity contribution in [1.82, 2.24) is 4.90 Å². The van der Waals surface area contributed by atoms with E-state index in [1.807, 2.05) is 60.6 Å². The Balaban J connectivity index is 1.81. The number of likely N-dealkylation sites (N-methyl/N-ethyl adjacent to an activating group) is 1. The van der Waals surface area contributed by atoms with Gasteiger partial charge in [0.15, 0.2) is 0 Å². The quantitative estimate of drug-likeness (QED) is 0.720. The van der Waals surface area contributed by atoms with E-state index in [-0.39, 0.29) is 12.0 Å². The van der Waals surface area contributed by atoms with Crippen molar-refractivity contribution in [2.75, 3.05) is 20.2 Å². The third kappa shape index (κ3) is 4.56. The lowest BCUT2D eigenvalue weighted by Gasteiger charge is -2.32. The second-order valence-electron chi connectivity index (χ2n) is 10.0. The van der Waals surface area contributed by atoms with E-state index in [2.05, 4.69) is 6.07 Å². The van der Waals surface area contributed by atoms with Gasteiger partial charge in [-0.05, 0) is 60.5 Å². The Kier molecular flexibility index (Phi) is 5.69. The van der Waals surface area contributed by atoms with E-state index in [0.717, 1.165) is 23.2 Å². The number of fused-ring (bicyclic) bond motifs is 1. The SMILES string of the molecule is CN(C[C@@H]1CCOc2c(B3OC(C)(C)C(C)(C)O3)cccc21)C(=O)OC(C)(C)C. The molecule has 0 spiro atoms. The average Bonchev–Trinajstić information content (AvgIpc) is 2.80. The average molecular weight is 403 g/mol. The van der Waals surface area contributed by atoms with Gasteiger partial charge in [0, 0.05) is 25.0 Å². The minimum absolute atomic E-state index is 0.165. The lowest BCUT2D eigenvalue weighted by molar-refractivity contribution is 0.00578. The maximum absolute atomic E-state index is 12.4. The summed E-state index contributed by atoms with van der Waals surface area (Å²) in [7, 11) is 1.30. The predicted molar refractivity (Wildman–Crippen MR) is 114 cm³/mol. The van der Waals surface area contributed by atoms with E-state index in [1.54, 1.807) is 11.9 Å². The van der Waals surface area contributed by atoms with Crippen LogP contribution in [0.15, 0.2) is 18.2 Å². The smallest absolute Gasteiger partial charge is 0.494 e. The Hall–Kier alpha value is -1.73. The number of benzene rings is 1. The van der Waals surface area contributed by atoms with Crippen LogP contribution in [0.2, 0.25) is 0 Å². The fraction of sp³-hybridized carbons (Fsp3) is 0.682. The summed E-state index contributed by atoms with van der Waals surface area (Å²) in [5.74, 6) is 0.985. The zero-order valence-electron chi connectivity index (χ0n) is 19.0. The molecule has 2 aliphatic rings. The van der Waals surface area contributed by atoms with Crippen molar-refractivity contribution in [2.24, 2.45) is 0 Å². The van der Waals surface area contributed by atoms with Crippen LogP contribution in [0.25, 0.3) is 0 Å². The molecule has 0 radical (unpaired) electrons. The first-order valence-corrected chi connectivity index (χ1v) is 10.4.